The summed E-state index contributed by atoms with van der Waals surface area (Å²) in [6, 6.07) is 11.0. The van der Waals surface area contributed by atoms with E-state index < -0.39 is 17.7 Å². The molecule has 0 spiro atoms. The Kier molecular flexibility index (Phi) is 3.66. The summed E-state index contributed by atoms with van der Waals surface area (Å²) in [6.45, 7) is 0.303. The lowest BCUT2D eigenvalue weighted by Gasteiger charge is -2.13. The Balaban J connectivity index is 1.75. The van der Waals surface area contributed by atoms with Gasteiger partial charge in [0.2, 0.25) is 0 Å². The van der Waals surface area contributed by atoms with Crippen molar-refractivity contribution in [2.45, 2.75) is 19.1 Å². The smallest absolute Gasteiger partial charge is 0.129 e. The van der Waals surface area contributed by atoms with Crippen LogP contribution in [0.15, 0.2) is 48.8 Å². The Bertz CT molecular complexity index is 770. The van der Waals surface area contributed by atoms with Gasteiger partial charge in [-0.1, -0.05) is 18.2 Å². The maximum absolute atomic E-state index is 13.6. The zero-order valence-electron chi connectivity index (χ0n) is 11.2. The van der Waals surface area contributed by atoms with Gasteiger partial charge in [0.25, 0.3) is 0 Å². The van der Waals surface area contributed by atoms with Crippen LogP contribution in [0.4, 0.5) is 8.78 Å². The average Bonchev–Trinajstić information content (AvgIpc) is 2.85. The van der Waals surface area contributed by atoms with Crippen LogP contribution >= 0.6 is 0 Å². The summed E-state index contributed by atoms with van der Waals surface area (Å²) in [5.41, 5.74) is 2.06. The molecule has 1 aromatic heterocycles. The summed E-state index contributed by atoms with van der Waals surface area (Å²) in [4.78, 5) is 4.24. The van der Waals surface area contributed by atoms with Gasteiger partial charge < -0.3 is 9.67 Å². The number of rotatable bonds is 4. The second-order valence-electron chi connectivity index (χ2n) is 4.98. The number of aliphatic hydroxyl groups is 1. The molecule has 0 fully saturated rings. The van der Waals surface area contributed by atoms with E-state index in [2.05, 4.69) is 4.98 Å². The zero-order chi connectivity index (χ0) is 14.8. The number of para-hydroxylation sites is 2. The molecule has 0 aliphatic carbocycles. The third kappa shape index (κ3) is 2.92. The Hall–Kier alpha value is -2.27. The minimum atomic E-state index is -0.775. The van der Waals surface area contributed by atoms with Crippen molar-refractivity contribution >= 4 is 11.0 Å². The van der Waals surface area contributed by atoms with Crippen LogP contribution in [0.2, 0.25) is 0 Å². The Morgan fingerprint density at radius 1 is 1.14 bits per heavy atom. The first-order chi connectivity index (χ1) is 10.1. The first-order valence-corrected chi connectivity index (χ1v) is 6.65. The first kappa shape index (κ1) is 13.7. The van der Waals surface area contributed by atoms with E-state index in [-0.39, 0.29) is 6.42 Å². The van der Waals surface area contributed by atoms with Gasteiger partial charge in [-0.05, 0) is 23.8 Å². The topological polar surface area (TPSA) is 38.0 Å². The molecule has 3 aromatic rings. The van der Waals surface area contributed by atoms with E-state index in [1.807, 2.05) is 28.8 Å². The lowest BCUT2D eigenvalue weighted by molar-refractivity contribution is 0.154. The second kappa shape index (κ2) is 5.61. The van der Waals surface area contributed by atoms with Crippen LogP contribution in [0.5, 0.6) is 0 Å². The minimum absolute atomic E-state index is 0.124. The van der Waals surface area contributed by atoms with E-state index >= 15 is 0 Å². The highest BCUT2D eigenvalue weighted by Crippen LogP contribution is 2.15. The Morgan fingerprint density at radius 3 is 2.76 bits per heavy atom. The maximum Gasteiger partial charge on any atom is 0.129 e. The highest BCUT2D eigenvalue weighted by Gasteiger charge is 2.12. The second-order valence-corrected chi connectivity index (χ2v) is 4.98. The lowest BCUT2D eigenvalue weighted by atomic mass is 10.1. The Morgan fingerprint density at radius 2 is 1.95 bits per heavy atom. The van der Waals surface area contributed by atoms with E-state index in [0.717, 1.165) is 17.1 Å². The van der Waals surface area contributed by atoms with Gasteiger partial charge >= 0.3 is 0 Å². The maximum atomic E-state index is 13.6. The van der Waals surface area contributed by atoms with Crippen LogP contribution in [0.3, 0.4) is 0 Å². The fourth-order valence-electron chi connectivity index (χ4n) is 2.39. The van der Waals surface area contributed by atoms with Crippen LogP contribution in [0.25, 0.3) is 11.0 Å². The molecule has 0 aliphatic rings. The van der Waals surface area contributed by atoms with Gasteiger partial charge in [0.05, 0.1) is 30.0 Å². The van der Waals surface area contributed by atoms with Gasteiger partial charge in [-0.2, -0.15) is 0 Å². The molecule has 0 saturated heterocycles. The third-order valence-electron chi connectivity index (χ3n) is 3.41. The van der Waals surface area contributed by atoms with Crippen molar-refractivity contribution in [3.63, 3.8) is 0 Å². The van der Waals surface area contributed by atoms with Crippen LogP contribution < -0.4 is 0 Å². The van der Waals surface area contributed by atoms with Gasteiger partial charge in [-0.15, -0.1) is 0 Å². The fourth-order valence-corrected chi connectivity index (χ4v) is 2.39. The summed E-state index contributed by atoms with van der Waals surface area (Å²) in [6.07, 6.45) is 0.996. The molecule has 1 heterocycles. The molecule has 21 heavy (non-hydrogen) atoms. The SMILES string of the molecule is OC(Cc1ccc(F)cc1F)Cn1cnc2ccccc21. The number of hydrogen-bond donors (Lipinski definition) is 1. The molecule has 2 aromatic carbocycles. The van der Waals surface area contributed by atoms with Crippen molar-refractivity contribution in [2.24, 2.45) is 0 Å². The molecule has 108 valence electrons. The van der Waals surface area contributed by atoms with Crippen molar-refractivity contribution in [2.75, 3.05) is 0 Å². The molecule has 0 amide bonds. The van der Waals surface area contributed by atoms with Gasteiger partial charge in [0, 0.05) is 12.5 Å². The summed E-state index contributed by atoms with van der Waals surface area (Å²) in [5.74, 6) is -1.25. The van der Waals surface area contributed by atoms with Crippen LogP contribution in [-0.4, -0.2) is 20.8 Å². The van der Waals surface area contributed by atoms with E-state index in [1.54, 1.807) is 6.33 Å². The standard InChI is InChI=1S/C16H14F2N2O/c17-12-6-5-11(14(18)8-12)7-13(21)9-20-10-19-15-3-1-2-4-16(15)20/h1-6,8,10,13,21H,7,9H2. The number of imidazole rings is 1. The third-order valence-corrected chi connectivity index (χ3v) is 3.41. The number of hydrogen-bond acceptors (Lipinski definition) is 2. The number of halogens is 2. The molecule has 1 unspecified atom stereocenters. The first-order valence-electron chi connectivity index (χ1n) is 6.65. The predicted octanol–water partition coefficient (Wildman–Crippen LogP) is 2.92. The molecule has 0 aliphatic heterocycles. The van der Waals surface area contributed by atoms with Crippen molar-refractivity contribution in [1.82, 2.24) is 9.55 Å². The van der Waals surface area contributed by atoms with Crippen molar-refractivity contribution in [3.8, 4) is 0 Å². The van der Waals surface area contributed by atoms with Crippen LogP contribution in [0, 0.1) is 11.6 Å². The molecule has 3 nitrogen and oxygen atoms in total. The molecular weight excluding hydrogens is 274 g/mol. The molecule has 0 saturated carbocycles. The van der Waals surface area contributed by atoms with Gasteiger partial charge in [0.1, 0.15) is 11.6 Å². The normalized spacial score (nSPS) is 12.7. The monoisotopic (exact) mass is 288 g/mol. The van der Waals surface area contributed by atoms with E-state index in [4.69, 9.17) is 0 Å². The summed E-state index contributed by atoms with van der Waals surface area (Å²) < 4.78 is 28.2. The van der Waals surface area contributed by atoms with Crippen LogP contribution in [0.1, 0.15) is 5.56 Å². The van der Waals surface area contributed by atoms with Crippen molar-refractivity contribution in [1.29, 1.82) is 0 Å². The molecular formula is C16H14F2N2O. The average molecular weight is 288 g/mol. The number of fused-ring (bicyclic) bond motifs is 1. The van der Waals surface area contributed by atoms with Crippen molar-refractivity contribution < 1.29 is 13.9 Å². The minimum Gasteiger partial charge on any atom is -0.391 e. The zero-order valence-corrected chi connectivity index (χ0v) is 11.2. The highest BCUT2D eigenvalue weighted by atomic mass is 19.1. The molecule has 3 rings (SSSR count). The fraction of sp³-hybridized carbons (Fsp3) is 0.188. The largest absolute Gasteiger partial charge is 0.391 e. The lowest BCUT2D eigenvalue weighted by Crippen LogP contribution is -2.18. The number of nitrogens with zero attached hydrogens (tertiary/aromatic N) is 2. The Labute approximate surface area is 120 Å². The molecule has 1 N–H and O–H groups in total. The van der Waals surface area contributed by atoms with E-state index in [1.165, 1.54) is 12.1 Å². The van der Waals surface area contributed by atoms with Crippen molar-refractivity contribution in [3.05, 3.63) is 66.0 Å². The van der Waals surface area contributed by atoms with E-state index in [9.17, 15) is 13.9 Å². The van der Waals surface area contributed by atoms with Gasteiger partial charge in [-0.25, -0.2) is 13.8 Å². The quantitative estimate of drug-likeness (QED) is 0.801. The molecule has 0 radical (unpaired) electrons. The number of aromatic nitrogens is 2. The summed E-state index contributed by atoms with van der Waals surface area (Å²) >= 11 is 0. The van der Waals surface area contributed by atoms with E-state index in [0.29, 0.717) is 12.1 Å². The molecule has 1 atom stereocenters. The molecule has 5 heteroatoms. The number of benzene rings is 2. The summed E-state index contributed by atoms with van der Waals surface area (Å²) in [5, 5.41) is 10.1. The molecule has 0 bridgehead atoms. The predicted molar refractivity (Wildman–Crippen MR) is 75.8 cm³/mol. The van der Waals surface area contributed by atoms with Gasteiger partial charge in [-0.3, -0.25) is 0 Å². The highest BCUT2D eigenvalue weighted by molar-refractivity contribution is 5.74. The van der Waals surface area contributed by atoms with Gasteiger partial charge in [0.15, 0.2) is 0 Å². The number of aliphatic hydroxyl groups excluding tert-OH is 1. The summed E-state index contributed by atoms with van der Waals surface area (Å²) in [7, 11) is 0. The van der Waals surface area contributed by atoms with Crippen LogP contribution in [-0.2, 0) is 13.0 Å².